The van der Waals surface area contributed by atoms with Gasteiger partial charge in [-0.3, -0.25) is 0 Å². The Hall–Kier alpha value is -0.497. The molecule has 0 atom stereocenters. The van der Waals surface area contributed by atoms with Gasteiger partial charge in [-0.2, -0.15) is 0 Å². The second-order valence-electron chi connectivity index (χ2n) is 4.68. The van der Waals surface area contributed by atoms with Crippen LogP contribution in [0.1, 0.15) is 22.3 Å². The van der Waals surface area contributed by atoms with E-state index in [2.05, 4.69) is 39.8 Å². The van der Waals surface area contributed by atoms with Crippen LogP contribution in [0.5, 0.6) is 11.5 Å². The third-order valence-electron chi connectivity index (χ3n) is 3.41. The summed E-state index contributed by atoms with van der Waals surface area (Å²) < 4.78 is 11.7. The van der Waals surface area contributed by atoms with Gasteiger partial charge in [0, 0.05) is 0 Å². The summed E-state index contributed by atoms with van der Waals surface area (Å²) >= 11 is -1.35. The zero-order valence-corrected chi connectivity index (χ0v) is 16.5. The normalized spacial score (nSPS) is 8.95. The zero-order chi connectivity index (χ0) is 13.8. The fourth-order valence-electron chi connectivity index (χ4n) is 1.78. The molecule has 0 heterocycles. The van der Waals surface area contributed by atoms with Crippen molar-refractivity contribution in [3.05, 3.63) is 58.7 Å². The van der Waals surface area contributed by atoms with Crippen molar-refractivity contribution < 1.29 is 54.6 Å². The Kier molecular flexibility index (Phi) is 9.28. The quantitative estimate of drug-likeness (QED) is 0.605. The fraction of sp³-hybridized carbons (Fsp3) is 0.250. The predicted molar refractivity (Wildman–Crippen MR) is 73.1 cm³/mol. The molecule has 21 heavy (non-hydrogen) atoms. The minimum atomic E-state index is -1.35. The van der Waals surface area contributed by atoms with Gasteiger partial charge in [-0.05, 0) is 0 Å². The van der Waals surface area contributed by atoms with Crippen molar-refractivity contribution in [2.45, 2.75) is 27.7 Å². The van der Waals surface area contributed by atoms with E-state index in [1.165, 1.54) is 22.3 Å². The number of hydrogen-bond donors (Lipinski definition) is 0. The van der Waals surface area contributed by atoms with E-state index >= 15 is 0 Å². The first kappa shape index (κ1) is 20.5. The minimum absolute atomic E-state index is 0. The van der Waals surface area contributed by atoms with E-state index in [1.54, 1.807) is 0 Å². The maximum absolute atomic E-state index is 5.86. The summed E-state index contributed by atoms with van der Waals surface area (Å²) in [6.45, 7) is 8.36. The molecule has 0 fully saturated rings. The topological polar surface area (TPSA) is 18.5 Å². The largest absolute Gasteiger partial charge is 1.00 e. The zero-order valence-electron chi connectivity index (χ0n) is 12.5. The molecule has 0 saturated carbocycles. The number of benzene rings is 2. The van der Waals surface area contributed by atoms with Crippen LogP contribution >= 0.6 is 0 Å². The van der Waals surface area contributed by atoms with Crippen LogP contribution in [-0.4, -0.2) is 0 Å². The summed E-state index contributed by atoms with van der Waals surface area (Å²) in [7, 11) is 0. The van der Waals surface area contributed by atoms with E-state index in [9.17, 15) is 0 Å². The molecule has 0 aliphatic rings. The third kappa shape index (κ3) is 5.32. The molecule has 112 valence electrons. The van der Waals surface area contributed by atoms with E-state index in [0.717, 1.165) is 11.5 Å². The van der Waals surface area contributed by atoms with Gasteiger partial charge in [0.15, 0.2) is 0 Å². The Morgan fingerprint density at radius 3 is 1.43 bits per heavy atom. The summed E-state index contributed by atoms with van der Waals surface area (Å²) in [5, 5.41) is 0. The molecule has 0 aliphatic carbocycles. The first-order valence-electron chi connectivity index (χ1n) is 6.30. The number of hydrogen-bond acceptors (Lipinski definition) is 2. The number of rotatable bonds is 4. The number of halogens is 2. The molecular weight excluding hydrogens is 386 g/mol. The monoisotopic (exact) mass is 402 g/mol. The molecule has 0 amide bonds. The molecule has 0 spiro atoms. The Morgan fingerprint density at radius 2 is 1.05 bits per heavy atom. The Morgan fingerprint density at radius 1 is 0.667 bits per heavy atom. The predicted octanol–water partition coefficient (Wildman–Crippen LogP) is -1.70. The SMILES string of the molecule is Cc1cccc([O][Zr+2][O]c2cccc(C)c2C)c1C.[Cl-].[Cl-]. The van der Waals surface area contributed by atoms with Gasteiger partial charge < -0.3 is 24.8 Å². The van der Waals surface area contributed by atoms with Crippen LogP contribution in [0.15, 0.2) is 36.4 Å². The first-order chi connectivity index (χ1) is 9.09. The van der Waals surface area contributed by atoms with Gasteiger partial charge in [0.2, 0.25) is 0 Å². The average Bonchev–Trinajstić information content (AvgIpc) is 2.39. The van der Waals surface area contributed by atoms with Gasteiger partial charge in [0.05, 0.1) is 0 Å². The van der Waals surface area contributed by atoms with Crippen molar-refractivity contribution >= 4 is 0 Å². The molecule has 2 aromatic rings. The average molecular weight is 404 g/mol. The first-order valence-corrected chi connectivity index (χ1v) is 8.31. The van der Waals surface area contributed by atoms with Gasteiger partial charge in [0.1, 0.15) is 0 Å². The maximum atomic E-state index is 5.86. The fourth-order valence-corrected chi connectivity index (χ4v) is 3.41. The molecule has 0 aromatic heterocycles. The minimum Gasteiger partial charge on any atom is -1.00 e. The summed E-state index contributed by atoms with van der Waals surface area (Å²) in [4.78, 5) is 0. The van der Waals surface area contributed by atoms with Crippen molar-refractivity contribution in [3.8, 4) is 11.5 Å². The second kappa shape index (κ2) is 9.51. The van der Waals surface area contributed by atoms with Crippen LogP contribution in [0.3, 0.4) is 0 Å². The Bertz CT molecular complexity index is 537. The van der Waals surface area contributed by atoms with Crippen molar-refractivity contribution in [2.75, 3.05) is 0 Å². The molecule has 0 unspecified atom stereocenters. The van der Waals surface area contributed by atoms with Gasteiger partial charge >= 0.3 is 128 Å². The molecule has 2 aromatic carbocycles. The molecule has 0 saturated heterocycles. The molecule has 2 nitrogen and oxygen atoms in total. The maximum Gasteiger partial charge on any atom is -1.00 e. The van der Waals surface area contributed by atoms with E-state index in [1.807, 2.05) is 24.3 Å². The molecule has 0 N–H and O–H groups in total. The van der Waals surface area contributed by atoms with Crippen molar-refractivity contribution in [1.29, 1.82) is 0 Å². The molecule has 2 rings (SSSR count). The molecule has 0 bridgehead atoms. The van der Waals surface area contributed by atoms with Crippen molar-refractivity contribution in [1.82, 2.24) is 0 Å². The van der Waals surface area contributed by atoms with Gasteiger partial charge in [-0.15, -0.1) is 0 Å². The van der Waals surface area contributed by atoms with Crippen LogP contribution in [-0.2, 0) is 24.1 Å². The summed E-state index contributed by atoms with van der Waals surface area (Å²) in [6.07, 6.45) is 0. The van der Waals surface area contributed by atoms with Crippen molar-refractivity contribution in [3.63, 3.8) is 0 Å². The van der Waals surface area contributed by atoms with E-state index in [4.69, 9.17) is 5.63 Å². The summed E-state index contributed by atoms with van der Waals surface area (Å²) in [5.74, 6) is 1.91. The molecular formula is C16H18Cl2O2Zr. The Balaban J connectivity index is 0.00000200. The van der Waals surface area contributed by atoms with Crippen LogP contribution in [0.2, 0.25) is 0 Å². The number of aryl methyl sites for hydroxylation is 2. The van der Waals surface area contributed by atoms with E-state index in [0.29, 0.717) is 0 Å². The summed E-state index contributed by atoms with van der Waals surface area (Å²) in [5.41, 5.74) is 4.91. The van der Waals surface area contributed by atoms with Crippen LogP contribution in [0.4, 0.5) is 0 Å². The van der Waals surface area contributed by atoms with Crippen LogP contribution < -0.4 is 30.4 Å². The molecule has 0 aliphatic heterocycles. The summed E-state index contributed by atoms with van der Waals surface area (Å²) in [6, 6.07) is 12.3. The second-order valence-corrected chi connectivity index (χ2v) is 6.10. The van der Waals surface area contributed by atoms with Gasteiger partial charge in [-0.1, -0.05) is 0 Å². The van der Waals surface area contributed by atoms with Gasteiger partial charge in [0.25, 0.3) is 0 Å². The standard InChI is InChI=1S/2C8H10O.2ClH.Zr/c2*1-6-4-3-5-8(9)7(6)2;;;/h2*3-5,9H,1-2H3;2*1H;/q;;;;+4/p-4. The smallest absolute Gasteiger partial charge is 1.00 e. The molecule has 0 radical (unpaired) electrons. The molecule has 5 heteroatoms. The van der Waals surface area contributed by atoms with Crippen molar-refractivity contribution in [2.24, 2.45) is 0 Å². The van der Waals surface area contributed by atoms with Gasteiger partial charge in [-0.25, -0.2) is 0 Å². The van der Waals surface area contributed by atoms with E-state index in [-0.39, 0.29) is 24.8 Å². The Labute approximate surface area is 151 Å². The van der Waals surface area contributed by atoms with Crippen LogP contribution in [0.25, 0.3) is 0 Å². The van der Waals surface area contributed by atoms with Crippen LogP contribution in [0, 0.1) is 27.7 Å². The third-order valence-corrected chi connectivity index (χ3v) is 4.90. The van der Waals surface area contributed by atoms with E-state index < -0.39 is 24.1 Å².